The molecule has 0 spiro atoms. The monoisotopic (exact) mass is 299 g/mol. The van der Waals surface area contributed by atoms with Crippen LogP contribution >= 0.6 is 0 Å². The van der Waals surface area contributed by atoms with Gasteiger partial charge in [0.2, 0.25) is 10.0 Å². The van der Waals surface area contributed by atoms with E-state index in [4.69, 9.17) is 5.73 Å². The van der Waals surface area contributed by atoms with Crippen LogP contribution in [-0.2, 0) is 23.6 Å². The van der Waals surface area contributed by atoms with Gasteiger partial charge in [-0.15, -0.1) is 0 Å². The molecule has 1 aromatic rings. The first kappa shape index (κ1) is 16.0. The van der Waals surface area contributed by atoms with E-state index < -0.39 is 28.7 Å². The second-order valence-electron chi connectivity index (χ2n) is 4.32. The lowest BCUT2D eigenvalue weighted by molar-refractivity contribution is -0.137. The minimum absolute atomic E-state index is 0.0931. The number of nitrogens with one attached hydrogen (secondary N) is 1. The smallest absolute Gasteiger partial charge is 0.352 e. The predicted molar refractivity (Wildman–Crippen MR) is 63.8 cm³/mol. The van der Waals surface area contributed by atoms with Gasteiger partial charge in [-0.2, -0.15) is 13.2 Å². The molecular weight excluding hydrogens is 283 g/mol. The normalized spacial score (nSPS) is 14.6. The van der Waals surface area contributed by atoms with Crippen molar-refractivity contribution in [2.45, 2.75) is 37.0 Å². The van der Waals surface area contributed by atoms with Gasteiger partial charge in [-0.25, -0.2) is 13.1 Å². The Balaban J connectivity index is 2.86. The number of aromatic nitrogens is 1. The Kier molecular flexibility index (Phi) is 4.64. The van der Waals surface area contributed by atoms with Crippen LogP contribution in [0.5, 0.6) is 0 Å². The second kappa shape index (κ2) is 5.51. The van der Waals surface area contributed by atoms with Gasteiger partial charge in [0, 0.05) is 31.5 Å². The van der Waals surface area contributed by atoms with Crippen LogP contribution in [0, 0.1) is 0 Å². The summed E-state index contributed by atoms with van der Waals surface area (Å²) in [6.07, 6.45) is -4.32. The lowest BCUT2D eigenvalue weighted by atomic mass is 10.2. The zero-order valence-corrected chi connectivity index (χ0v) is 11.3. The molecule has 110 valence electrons. The molecule has 0 radical (unpaired) electrons. The molecule has 5 nitrogen and oxygen atoms in total. The number of halogens is 3. The highest BCUT2D eigenvalue weighted by Crippen LogP contribution is 2.22. The fraction of sp³-hybridized carbons (Fsp3) is 0.600. The summed E-state index contributed by atoms with van der Waals surface area (Å²) in [4.78, 5) is -0.0931. The number of hydrogen-bond acceptors (Lipinski definition) is 3. The van der Waals surface area contributed by atoms with Crippen LogP contribution in [0.15, 0.2) is 17.2 Å². The predicted octanol–water partition coefficient (Wildman–Crippen LogP) is 1.10. The molecule has 3 N–H and O–H groups in total. The first-order valence-electron chi connectivity index (χ1n) is 5.49. The summed E-state index contributed by atoms with van der Waals surface area (Å²) in [5, 5.41) is 0. The Morgan fingerprint density at radius 2 is 2.05 bits per heavy atom. The van der Waals surface area contributed by atoms with Crippen LogP contribution in [-0.4, -0.2) is 25.2 Å². The number of hydrogen-bond donors (Lipinski definition) is 2. The molecule has 0 bridgehead atoms. The fourth-order valence-corrected chi connectivity index (χ4v) is 2.99. The number of aryl methyl sites for hydroxylation is 1. The Morgan fingerprint density at radius 1 is 1.47 bits per heavy atom. The van der Waals surface area contributed by atoms with E-state index in [1.165, 1.54) is 16.8 Å². The van der Waals surface area contributed by atoms with Crippen molar-refractivity contribution in [3.05, 3.63) is 18.0 Å². The average Bonchev–Trinajstić information content (AvgIpc) is 2.56. The van der Waals surface area contributed by atoms with Crippen molar-refractivity contribution in [3.8, 4) is 0 Å². The third-order valence-electron chi connectivity index (χ3n) is 2.50. The van der Waals surface area contributed by atoms with Gasteiger partial charge in [0.15, 0.2) is 0 Å². The van der Waals surface area contributed by atoms with E-state index in [-0.39, 0.29) is 11.4 Å². The average molecular weight is 299 g/mol. The molecule has 0 aliphatic rings. The maximum absolute atomic E-state index is 12.2. The standard InChI is InChI=1S/C10H16F3N3O2S/c1-7(4-10(11,12)13)15-19(17,18)9-3-8(5-14)16(2)6-9/h3,6-7,15H,4-5,14H2,1-2H3. The largest absolute Gasteiger partial charge is 0.390 e. The van der Waals surface area contributed by atoms with E-state index in [0.29, 0.717) is 5.69 Å². The van der Waals surface area contributed by atoms with Gasteiger partial charge in [0.05, 0.1) is 11.3 Å². The van der Waals surface area contributed by atoms with E-state index in [1.54, 1.807) is 7.05 Å². The summed E-state index contributed by atoms with van der Waals surface area (Å²) < 4.78 is 63.7. The Hall–Kier alpha value is -1.06. The van der Waals surface area contributed by atoms with Gasteiger partial charge >= 0.3 is 6.18 Å². The highest BCUT2D eigenvalue weighted by molar-refractivity contribution is 7.89. The van der Waals surface area contributed by atoms with Gasteiger partial charge in [0.25, 0.3) is 0 Å². The van der Waals surface area contributed by atoms with E-state index in [1.807, 2.05) is 4.72 Å². The number of sulfonamides is 1. The lowest BCUT2D eigenvalue weighted by Crippen LogP contribution is -2.35. The Morgan fingerprint density at radius 3 is 2.47 bits per heavy atom. The maximum Gasteiger partial charge on any atom is 0.390 e. The minimum Gasteiger partial charge on any atom is -0.352 e. The minimum atomic E-state index is -4.42. The molecule has 1 aromatic heterocycles. The summed E-state index contributed by atoms with van der Waals surface area (Å²) in [6, 6.07) is 0.106. The fourth-order valence-electron chi connectivity index (χ4n) is 1.65. The lowest BCUT2D eigenvalue weighted by Gasteiger charge is -2.15. The molecule has 1 rings (SSSR count). The molecule has 1 heterocycles. The van der Waals surface area contributed by atoms with Crippen LogP contribution in [0.2, 0.25) is 0 Å². The summed E-state index contributed by atoms with van der Waals surface area (Å²) in [5.74, 6) is 0. The second-order valence-corrected chi connectivity index (χ2v) is 6.04. The van der Waals surface area contributed by atoms with E-state index in [9.17, 15) is 21.6 Å². The van der Waals surface area contributed by atoms with Gasteiger partial charge < -0.3 is 10.3 Å². The first-order valence-corrected chi connectivity index (χ1v) is 6.98. The van der Waals surface area contributed by atoms with Gasteiger partial charge in [-0.1, -0.05) is 0 Å². The molecule has 1 unspecified atom stereocenters. The highest BCUT2D eigenvalue weighted by atomic mass is 32.2. The number of alkyl halides is 3. The van der Waals surface area contributed by atoms with Crippen molar-refractivity contribution in [2.24, 2.45) is 12.8 Å². The molecule has 0 fully saturated rings. The summed E-state index contributed by atoms with van der Waals surface area (Å²) in [7, 11) is -2.36. The van der Waals surface area contributed by atoms with Gasteiger partial charge in [-0.3, -0.25) is 0 Å². The molecule has 0 saturated heterocycles. The van der Waals surface area contributed by atoms with Gasteiger partial charge in [0.1, 0.15) is 0 Å². The van der Waals surface area contributed by atoms with Crippen molar-refractivity contribution in [1.29, 1.82) is 0 Å². The summed E-state index contributed by atoms with van der Waals surface area (Å²) >= 11 is 0. The summed E-state index contributed by atoms with van der Waals surface area (Å²) in [5.41, 5.74) is 5.98. The Bertz CT molecular complexity index is 537. The van der Waals surface area contributed by atoms with Crippen LogP contribution in [0.1, 0.15) is 19.0 Å². The van der Waals surface area contributed by atoms with Gasteiger partial charge in [-0.05, 0) is 13.0 Å². The third-order valence-corrected chi connectivity index (χ3v) is 4.05. The van der Waals surface area contributed by atoms with Crippen molar-refractivity contribution in [3.63, 3.8) is 0 Å². The number of nitrogens with zero attached hydrogens (tertiary/aromatic N) is 1. The zero-order valence-electron chi connectivity index (χ0n) is 10.5. The van der Waals surface area contributed by atoms with Crippen LogP contribution in [0.25, 0.3) is 0 Å². The number of rotatable bonds is 5. The van der Waals surface area contributed by atoms with E-state index in [0.717, 1.165) is 6.92 Å². The molecular formula is C10H16F3N3O2S. The Labute approximate surface area is 109 Å². The van der Waals surface area contributed by atoms with Crippen molar-refractivity contribution >= 4 is 10.0 Å². The quantitative estimate of drug-likeness (QED) is 0.855. The van der Waals surface area contributed by atoms with Crippen molar-refractivity contribution < 1.29 is 21.6 Å². The molecule has 0 aromatic carbocycles. The third kappa shape index (κ3) is 4.51. The van der Waals surface area contributed by atoms with Crippen molar-refractivity contribution in [2.75, 3.05) is 0 Å². The van der Waals surface area contributed by atoms with Crippen molar-refractivity contribution in [1.82, 2.24) is 9.29 Å². The molecule has 0 aliphatic heterocycles. The van der Waals surface area contributed by atoms with E-state index >= 15 is 0 Å². The SMILES string of the molecule is CC(CC(F)(F)F)NS(=O)(=O)c1cc(CN)n(C)c1. The molecule has 0 saturated carbocycles. The van der Waals surface area contributed by atoms with Crippen LogP contribution in [0.3, 0.4) is 0 Å². The van der Waals surface area contributed by atoms with Crippen LogP contribution < -0.4 is 10.5 Å². The highest BCUT2D eigenvalue weighted by Gasteiger charge is 2.32. The van der Waals surface area contributed by atoms with Crippen LogP contribution in [0.4, 0.5) is 13.2 Å². The maximum atomic E-state index is 12.2. The molecule has 1 atom stereocenters. The molecule has 0 aliphatic carbocycles. The topological polar surface area (TPSA) is 77.1 Å². The van der Waals surface area contributed by atoms with E-state index in [2.05, 4.69) is 0 Å². The zero-order chi connectivity index (χ0) is 14.8. The molecule has 0 amide bonds. The number of nitrogens with two attached hydrogens (primary N) is 1. The first-order chi connectivity index (χ1) is 8.55. The molecule has 9 heteroatoms. The molecule has 19 heavy (non-hydrogen) atoms. The summed E-state index contributed by atoms with van der Waals surface area (Å²) in [6.45, 7) is 1.31.